The number of benzene rings is 2. The number of carbonyl (C=O) groups is 2. The normalized spacial score (nSPS) is 13.7. The first kappa shape index (κ1) is 18.3. The molecule has 0 atom stereocenters. The summed E-state index contributed by atoms with van der Waals surface area (Å²) >= 11 is 6.03. The molecule has 1 aromatic heterocycles. The molecule has 1 amide bonds. The number of carbonyl (C=O) groups excluding carboxylic acids is 2. The molecule has 2 aromatic carbocycles. The Bertz CT molecular complexity index is 1020. The minimum absolute atomic E-state index is 0.150. The van der Waals surface area contributed by atoms with E-state index in [1.807, 2.05) is 6.07 Å². The monoisotopic (exact) mass is 393 g/mol. The van der Waals surface area contributed by atoms with E-state index in [-0.39, 0.29) is 17.5 Å². The van der Waals surface area contributed by atoms with Crippen molar-refractivity contribution in [2.45, 2.75) is 12.8 Å². The molecule has 4 rings (SSSR count). The van der Waals surface area contributed by atoms with Crippen LogP contribution in [0.3, 0.4) is 0 Å². The molecule has 0 unspecified atom stereocenters. The molecule has 1 saturated heterocycles. The molecule has 0 saturated carbocycles. The highest BCUT2D eigenvalue weighted by atomic mass is 35.5. The molecule has 1 aliphatic rings. The van der Waals surface area contributed by atoms with E-state index < -0.39 is 0 Å². The number of nitrogen functional groups attached to an aromatic ring is 1. The molecule has 142 valence electrons. The second-order valence-electron chi connectivity index (χ2n) is 6.87. The van der Waals surface area contributed by atoms with Gasteiger partial charge in [-0.25, -0.2) is 0 Å². The maximum atomic E-state index is 13.2. The second-order valence-corrected chi connectivity index (χ2v) is 7.30. The van der Waals surface area contributed by atoms with E-state index in [0.717, 1.165) is 18.4 Å². The van der Waals surface area contributed by atoms with E-state index in [1.54, 1.807) is 53.4 Å². The summed E-state index contributed by atoms with van der Waals surface area (Å²) in [5.74, 6) is -0.151. The van der Waals surface area contributed by atoms with Crippen LogP contribution in [0.5, 0.6) is 0 Å². The van der Waals surface area contributed by atoms with Crippen molar-refractivity contribution in [3.8, 4) is 11.1 Å². The molecular formula is C22H20ClN3O2. The molecular weight excluding hydrogens is 374 g/mol. The van der Waals surface area contributed by atoms with Crippen molar-refractivity contribution in [1.82, 2.24) is 9.88 Å². The number of hydrogen-bond donors (Lipinski definition) is 2. The van der Waals surface area contributed by atoms with E-state index in [4.69, 9.17) is 17.3 Å². The third kappa shape index (κ3) is 3.29. The maximum absolute atomic E-state index is 13.2. The zero-order valence-electron chi connectivity index (χ0n) is 15.2. The van der Waals surface area contributed by atoms with Crippen LogP contribution >= 0.6 is 11.6 Å². The Hall–Kier alpha value is -3.05. The van der Waals surface area contributed by atoms with Gasteiger partial charge < -0.3 is 15.6 Å². The largest absolute Gasteiger partial charge is 0.385 e. The fourth-order valence-electron chi connectivity index (χ4n) is 3.63. The fourth-order valence-corrected chi connectivity index (χ4v) is 3.76. The summed E-state index contributed by atoms with van der Waals surface area (Å²) < 4.78 is 0. The minimum Gasteiger partial charge on any atom is -0.385 e. The number of aromatic nitrogens is 1. The van der Waals surface area contributed by atoms with E-state index >= 15 is 0 Å². The van der Waals surface area contributed by atoms with Gasteiger partial charge in [0, 0.05) is 29.2 Å². The predicted molar refractivity (Wildman–Crippen MR) is 111 cm³/mol. The van der Waals surface area contributed by atoms with E-state index in [0.29, 0.717) is 40.5 Å². The number of H-pyrrole nitrogens is 1. The number of nitrogens with one attached hydrogen (secondary N) is 1. The van der Waals surface area contributed by atoms with Gasteiger partial charge in [0.1, 0.15) is 5.82 Å². The molecule has 0 bridgehead atoms. The lowest BCUT2D eigenvalue weighted by Crippen LogP contribution is -2.28. The number of ketones is 1. The molecule has 1 fully saturated rings. The van der Waals surface area contributed by atoms with Crippen LogP contribution < -0.4 is 5.73 Å². The van der Waals surface area contributed by atoms with Crippen molar-refractivity contribution in [3.63, 3.8) is 0 Å². The number of hydrogen-bond acceptors (Lipinski definition) is 3. The lowest BCUT2D eigenvalue weighted by molar-refractivity contribution is 0.0794. The lowest BCUT2D eigenvalue weighted by atomic mass is 9.96. The minimum atomic E-state index is -0.210. The molecule has 0 spiro atoms. The number of anilines is 1. The highest BCUT2D eigenvalue weighted by molar-refractivity contribution is 6.30. The molecule has 5 nitrogen and oxygen atoms in total. The number of amides is 1. The summed E-state index contributed by atoms with van der Waals surface area (Å²) in [5.41, 5.74) is 8.65. The highest BCUT2D eigenvalue weighted by Gasteiger charge is 2.30. The quantitative estimate of drug-likeness (QED) is 0.645. The Morgan fingerprint density at radius 2 is 1.61 bits per heavy atom. The van der Waals surface area contributed by atoms with Gasteiger partial charge in [0.2, 0.25) is 5.78 Å². The van der Waals surface area contributed by atoms with Crippen LogP contribution in [-0.4, -0.2) is 34.7 Å². The number of halogens is 1. The number of likely N-dealkylation sites (tertiary alicyclic amines) is 1. The average molecular weight is 394 g/mol. The average Bonchev–Trinajstić information content (AvgIpc) is 3.36. The maximum Gasteiger partial charge on any atom is 0.258 e. The molecule has 3 N–H and O–H groups in total. The summed E-state index contributed by atoms with van der Waals surface area (Å²) in [6.45, 7) is 1.40. The standard InChI is InChI=1S/C22H20ClN3O2/c23-16-10-8-14(9-11-16)17-18(22(28)26-12-4-5-13-26)21(24)25-19(17)20(27)15-6-2-1-3-7-15/h1-3,6-11,25H,4-5,12-13,24H2. The summed E-state index contributed by atoms with van der Waals surface area (Å²) in [6, 6.07) is 16.0. The summed E-state index contributed by atoms with van der Waals surface area (Å²) in [4.78, 5) is 31.1. The predicted octanol–water partition coefficient (Wildman–Crippen LogP) is 4.38. The van der Waals surface area contributed by atoms with Gasteiger partial charge in [-0.15, -0.1) is 0 Å². The van der Waals surface area contributed by atoms with Crippen LogP contribution in [0.25, 0.3) is 11.1 Å². The van der Waals surface area contributed by atoms with Crippen molar-refractivity contribution in [3.05, 3.63) is 76.4 Å². The van der Waals surface area contributed by atoms with Gasteiger partial charge in [0.15, 0.2) is 0 Å². The molecule has 6 heteroatoms. The number of rotatable bonds is 4. The first-order chi connectivity index (χ1) is 13.6. The number of nitrogens with two attached hydrogens (primary N) is 1. The first-order valence-corrected chi connectivity index (χ1v) is 9.60. The zero-order valence-corrected chi connectivity index (χ0v) is 16.0. The van der Waals surface area contributed by atoms with Crippen molar-refractivity contribution in [1.29, 1.82) is 0 Å². The van der Waals surface area contributed by atoms with E-state index in [9.17, 15) is 9.59 Å². The third-order valence-corrected chi connectivity index (χ3v) is 5.28. The summed E-state index contributed by atoms with van der Waals surface area (Å²) in [5, 5.41) is 0.579. The Labute approximate surface area is 168 Å². The van der Waals surface area contributed by atoms with Gasteiger partial charge in [0.25, 0.3) is 5.91 Å². The van der Waals surface area contributed by atoms with Gasteiger partial charge in [0.05, 0.1) is 11.3 Å². The number of aromatic amines is 1. The van der Waals surface area contributed by atoms with Crippen molar-refractivity contribution < 1.29 is 9.59 Å². The van der Waals surface area contributed by atoms with Crippen LogP contribution in [0.2, 0.25) is 5.02 Å². The van der Waals surface area contributed by atoms with Gasteiger partial charge in [-0.2, -0.15) is 0 Å². The van der Waals surface area contributed by atoms with Crippen molar-refractivity contribution >= 4 is 29.1 Å². The second kappa shape index (κ2) is 7.52. The molecule has 0 radical (unpaired) electrons. The first-order valence-electron chi connectivity index (χ1n) is 9.22. The van der Waals surface area contributed by atoms with E-state index in [2.05, 4.69) is 4.98 Å². The van der Waals surface area contributed by atoms with Gasteiger partial charge in [-0.3, -0.25) is 9.59 Å². The molecule has 2 heterocycles. The van der Waals surface area contributed by atoms with Crippen molar-refractivity contribution in [2.24, 2.45) is 0 Å². The Balaban J connectivity index is 1.89. The van der Waals surface area contributed by atoms with Crippen LogP contribution in [0, 0.1) is 0 Å². The number of nitrogens with zero attached hydrogens (tertiary/aromatic N) is 1. The molecule has 3 aromatic rings. The molecule has 1 aliphatic heterocycles. The van der Waals surface area contributed by atoms with Gasteiger partial charge in [-0.05, 0) is 30.5 Å². The Morgan fingerprint density at radius 1 is 0.964 bits per heavy atom. The van der Waals surface area contributed by atoms with Gasteiger partial charge >= 0.3 is 0 Å². The SMILES string of the molecule is Nc1[nH]c(C(=O)c2ccccc2)c(-c2ccc(Cl)cc2)c1C(=O)N1CCCC1. The van der Waals surface area contributed by atoms with Crippen molar-refractivity contribution in [2.75, 3.05) is 18.8 Å². The Kier molecular flexibility index (Phi) is 4.92. The van der Waals surface area contributed by atoms with Gasteiger partial charge in [-0.1, -0.05) is 54.1 Å². The van der Waals surface area contributed by atoms with Crippen LogP contribution in [0.1, 0.15) is 39.3 Å². The smallest absolute Gasteiger partial charge is 0.258 e. The highest BCUT2D eigenvalue weighted by Crippen LogP contribution is 2.35. The molecule has 0 aliphatic carbocycles. The van der Waals surface area contributed by atoms with E-state index in [1.165, 1.54) is 0 Å². The summed E-state index contributed by atoms with van der Waals surface area (Å²) in [6.07, 6.45) is 1.95. The Morgan fingerprint density at radius 3 is 2.25 bits per heavy atom. The van der Waals surface area contributed by atoms with Crippen LogP contribution in [0.4, 0.5) is 5.82 Å². The zero-order chi connectivity index (χ0) is 19.7. The van der Waals surface area contributed by atoms with Crippen LogP contribution in [-0.2, 0) is 0 Å². The topological polar surface area (TPSA) is 79.2 Å². The molecule has 28 heavy (non-hydrogen) atoms. The lowest BCUT2D eigenvalue weighted by Gasteiger charge is -2.16. The third-order valence-electron chi connectivity index (χ3n) is 5.03. The summed E-state index contributed by atoms with van der Waals surface area (Å²) in [7, 11) is 0. The fraction of sp³-hybridized carbons (Fsp3) is 0.182. The van der Waals surface area contributed by atoms with Crippen LogP contribution in [0.15, 0.2) is 54.6 Å².